The first-order valence-electron chi connectivity index (χ1n) is 6.20. The molecule has 1 aliphatic heterocycles. The van der Waals surface area contributed by atoms with E-state index in [1.807, 2.05) is 6.07 Å². The van der Waals surface area contributed by atoms with Crippen molar-refractivity contribution in [1.82, 2.24) is 5.32 Å². The number of amides is 1. The quantitative estimate of drug-likeness (QED) is 0.820. The van der Waals surface area contributed by atoms with E-state index in [2.05, 4.69) is 5.32 Å². The van der Waals surface area contributed by atoms with E-state index in [-0.39, 0.29) is 12.4 Å². The Morgan fingerprint density at radius 2 is 2.42 bits per heavy atom. The third-order valence-corrected chi connectivity index (χ3v) is 3.16. The van der Waals surface area contributed by atoms with Crippen LogP contribution in [0.5, 0.6) is 0 Å². The number of nitrogens with one attached hydrogen (secondary N) is 1. The van der Waals surface area contributed by atoms with Crippen LogP contribution in [0, 0.1) is 5.82 Å². The molecule has 1 aromatic rings. The Kier molecular flexibility index (Phi) is 4.34. The topological polar surface area (TPSA) is 67.6 Å². The molecule has 1 amide bonds. The van der Waals surface area contributed by atoms with Gasteiger partial charge in [-0.15, -0.1) is 0 Å². The van der Waals surface area contributed by atoms with Gasteiger partial charge in [0.1, 0.15) is 11.9 Å². The molecule has 0 spiro atoms. The number of nitrogens with two attached hydrogens (primary N) is 1. The fourth-order valence-corrected chi connectivity index (χ4v) is 2.23. The first kappa shape index (κ1) is 13.8. The minimum atomic E-state index is -0.613. The molecule has 6 heteroatoms. The normalized spacial score (nSPS) is 19.5. The summed E-state index contributed by atoms with van der Waals surface area (Å²) in [6, 6.07) is 4.38. The number of primary amides is 1. The molecule has 1 saturated heterocycles. The maximum Gasteiger partial charge on any atom is 0.242 e. The van der Waals surface area contributed by atoms with Crippen LogP contribution in [0.3, 0.4) is 0 Å². The van der Waals surface area contributed by atoms with Crippen molar-refractivity contribution < 1.29 is 13.9 Å². The van der Waals surface area contributed by atoms with E-state index >= 15 is 0 Å². The minimum absolute atomic E-state index is 0.201. The molecule has 5 nitrogen and oxygen atoms in total. The lowest BCUT2D eigenvalue weighted by molar-refractivity contribution is -0.121. The van der Waals surface area contributed by atoms with E-state index in [4.69, 9.17) is 10.5 Å². The van der Waals surface area contributed by atoms with E-state index in [1.165, 1.54) is 6.07 Å². The predicted octanol–water partition coefficient (Wildman–Crippen LogP) is 0.236. The average molecular weight is 267 g/mol. The fourth-order valence-electron chi connectivity index (χ4n) is 2.23. The third-order valence-electron chi connectivity index (χ3n) is 3.16. The molecule has 0 saturated carbocycles. The predicted molar refractivity (Wildman–Crippen MR) is 70.3 cm³/mol. The van der Waals surface area contributed by atoms with Gasteiger partial charge in [0.05, 0.1) is 18.9 Å². The Balaban J connectivity index is 2.26. The van der Waals surface area contributed by atoms with Crippen LogP contribution in [-0.4, -0.2) is 38.8 Å². The lowest BCUT2D eigenvalue weighted by Crippen LogP contribution is -2.53. The lowest BCUT2D eigenvalue weighted by Gasteiger charge is -2.35. The van der Waals surface area contributed by atoms with Crippen LogP contribution in [0.4, 0.5) is 10.1 Å². The summed E-state index contributed by atoms with van der Waals surface area (Å²) < 4.78 is 19.4. The molecule has 1 aliphatic rings. The molecule has 0 radical (unpaired) electrons. The van der Waals surface area contributed by atoms with Gasteiger partial charge in [0, 0.05) is 13.1 Å². The van der Waals surface area contributed by atoms with Gasteiger partial charge in [-0.3, -0.25) is 4.79 Å². The monoisotopic (exact) mass is 267 g/mol. The van der Waals surface area contributed by atoms with Crippen molar-refractivity contribution in [2.24, 2.45) is 5.73 Å². The molecule has 2 rings (SSSR count). The molecule has 104 valence electrons. The van der Waals surface area contributed by atoms with E-state index in [1.54, 1.807) is 18.0 Å². The van der Waals surface area contributed by atoms with Crippen molar-refractivity contribution in [3.8, 4) is 0 Å². The van der Waals surface area contributed by atoms with Gasteiger partial charge in [-0.2, -0.15) is 0 Å². The number of anilines is 1. The smallest absolute Gasteiger partial charge is 0.242 e. The number of rotatable bonds is 4. The highest BCUT2D eigenvalue weighted by Crippen LogP contribution is 2.24. The third kappa shape index (κ3) is 3.02. The number of ether oxygens (including phenoxy) is 1. The summed E-state index contributed by atoms with van der Waals surface area (Å²) in [6.45, 7) is 1.71. The SMILES string of the molecule is CNCc1ccc(N2CCOCC2C(N)=O)c(F)c1. The van der Waals surface area contributed by atoms with Crippen LogP contribution in [0.2, 0.25) is 0 Å². The molecule has 0 bridgehead atoms. The fraction of sp³-hybridized carbons (Fsp3) is 0.462. The van der Waals surface area contributed by atoms with Gasteiger partial charge < -0.3 is 20.7 Å². The Morgan fingerprint density at radius 1 is 1.63 bits per heavy atom. The van der Waals surface area contributed by atoms with Crippen LogP contribution in [0.15, 0.2) is 18.2 Å². The highest BCUT2D eigenvalue weighted by atomic mass is 19.1. The van der Waals surface area contributed by atoms with E-state index in [9.17, 15) is 9.18 Å². The first-order valence-corrected chi connectivity index (χ1v) is 6.20. The standard InChI is InChI=1S/C13H18FN3O2/c1-16-7-9-2-3-11(10(14)6-9)17-4-5-19-8-12(17)13(15)18/h2-3,6,12,16H,4-5,7-8H2,1H3,(H2,15,18). The molecule has 3 N–H and O–H groups in total. The second-order valence-electron chi connectivity index (χ2n) is 4.50. The van der Waals surface area contributed by atoms with E-state index in [0.29, 0.717) is 25.4 Å². The summed E-state index contributed by atoms with van der Waals surface area (Å²) in [5, 5.41) is 2.96. The second-order valence-corrected chi connectivity index (χ2v) is 4.50. The molecule has 1 unspecified atom stereocenters. The summed E-state index contributed by atoms with van der Waals surface area (Å²) in [4.78, 5) is 13.1. The van der Waals surface area contributed by atoms with Crippen LogP contribution in [0.1, 0.15) is 5.56 Å². The van der Waals surface area contributed by atoms with Crippen LogP contribution >= 0.6 is 0 Å². The molecular formula is C13H18FN3O2. The number of halogens is 1. The molecule has 19 heavy (non-hydrogen) atoms. The highest BCUT2D eigenvalue weighted by Gasteiger charge is 2.29. The van der Waals surface area contributed by atoms with Gasteiger partial charge >= 0.3 is 0 Å². The lowest BCUT2D eigenvalue weighted by atomic mass is 10.1. The van der Waals surface area contributed by atoms with Crippen molar-refractivity contribution in [2.75, 3.05) is 31.7 Å². The Hall–Kier alpha value is -1.66. The maximum atomic E-state index is 14.1. The molecular weight excluding hydrogens is 249 g/mol. The zero-order chi connectivity index (χ0) is 13.8. The Labute approximate surface area is 111 Å². The first-order chi connectivity index (χ1) is 9.13. The van der Waals surface area contributed by atoms with Crippen LogP contribution in [0.25, 0.3) is 0 Å². The Morgan fingerprint density at radius 3 is 3.05 bits per heavy atom. The second kappa shape index (κ2) is 5.99. The zero-order valence-electron chi connectivity index (χ0n) is 10.9. The van der Waals surface area contributed by atoms with Gasteiger partial charge in [-0.25, -0.2) is 4.39 Å². The number of hydrogen-bond donors (Lipinski definition) is 2. The number of nitrogens with zero attached hydrogens (tertiary/aromatic N) is 1. The molecule has 1 atom stereocenters. The van der Waals surface area contributed by atoms with E-state index < -0.39 is 11.9 Å². The molecule has 1 fully saturated rings. The van der Waals surface area contributed by atoms with Gasteiger partial charge in [0.15, 0.2) is 0 Å². The van der Waals surface area contributed by atoms with Crippen molar-refractivity contribution in [3.05, 3.63) is 29.6 Å². The molecule has 0 aliphatic carbocycles. The van der Waals surface area contributed by atoms with Crippen molar-refractivity contribution in [2.45, 2.75) is 12.6 Å². The van der Waals surface area contributed by atoms with E-state index in [0.717, 1.165) is 5.56 Å². The van der Waals surface area contributed by atoms with Crippen LogP contribution in [-0.2, 0) is 16.1 Å². The van der Waals surface area contributed by atoms with Crippen molar-refractivity contribution >= 4 is 11.6 Å². The number of hydrogen-bond acceptors (Lipinski definition) is 4. The molecule has 1 heterocycles. The summed E-state index contributed by atoms with van der Waals surface area (Å²) in [6.07, 6.45) is 0. The highest BCUT2D eigenvalue weighted by molar-refractivity contribution is 5.84. The zero-order valence-corrected chi connectivity index (χ0v) is 10.9. The summed E-state index contributed by atoms with van der Waals surface area (Å²) in [5.41, 5.74) is 6.58. The van der Waals surface area contributed by atoms with Gasteiger partial charge in [0.2, 0.25) is 5.91 Å². The number of carbonyl (C=O) groups is 1. The minimum Gasteiger partial charge on any atom is -0.377 e. The van der Waals surface area contributed by atoms with Gasteiger partial charge in [0.25, 0.3) is 0 Å². The van der Waals surface area contributed by atoms with Crippen molar-refractivity contribution in [3.63, 3.8) is 0 Å². The number of benzene rings is 1. The molecule has 0 aromatic heterocycles. The summed E-state index contributed by atoms with van der Waals surface area (Å²) >= 11 is 0. The largest absolute Gasteiger partial charge is 0.377 e. The number of carbonyl (C=O) groups excluding carboxylic acids is 1. The van der Waals surface area contributed by atoms with Gasteiger partial charge in [-0.1, -0.05) is 6.07 Å². The van der Waals surface area contributed by atoms with Crippen molar-refractivity contribution in [1.29, 1.82) is 0 Å². The number of morpholine rings is 1. The molecule has 1 aromatic carbocycles. The van der Waals surface area contributed by atoms with Gasteiger partial charge in [-0.05, 0) is 24.7 Å². The summed E-state index contributed by atoms with van der Waals surface area (Å²) in [5.74, 6) is -0.848. The Bertz CT molecular complexity index is 467. The summed E-state index contributed by atoms with van der Waals surface area (Å²) in [7, 11) is 1.80. The maximum absolute atomic E-state index is 14.1. The van der Waals surface area contributed by atoms with Crippen LogP contribution < -0.4 is 16.0 Å². The average Bonchev–Trinajstić information content (AvgIpc) is 2.39.